The third kappa shape index (κ3) is 3.36. The Bertz CT molecular complexity index is 956. The fourth-order valence-corrected chi connectivity index (χ4v) is 6.90. The molecule has 4 rings (SSSR count). The number of carbonyl (C=O) groups excluding carboxylic acids is 2. The summed E-state index contributed by atoms with van der Waals surface area (Å²) >= 11 is 0. The van der Waals surface area contributed by atoms with Gasteiger partial charge in [-0.1, -0.05) is 27.7 Å². The summed E-state index contributed by atoms with van der Waals surface area (Å²) in [4.78, 5) is 23.7. The number of hydrogen-bond donors (Lipinski definition) is 3. The number of nitrogens with one attached hydrogen (secondary N) is 1. The lowest BCUT2D eigenvalue weighted by Crippen LogP contribution is -2.55. The maximum absolute atomic E-state index is 12.1. The number of carbonyl (C=O) groups is 2. The lowest BCUT2D eigenvalue weighted by Gasteiger charge is -2.59. The molecule has 0 aromatic heterocycles. The van der Waals surface area contributed by atoms with Gasteiger partial charge in [0.05, 0.1) is 11.1 Å². The molecule has 2 saturated carbocycles. The summed E-state index contributed by atoms with van der Waals surface area (Å²) in [6.45, 7) is 10.4. The molecule has 1 amide bonds. The summed E-state index contributed by atoms with van der Waals surface area (Å²) in [5.74, 6) is 0.381. The summed E-state index contributed by atoms with van der Waals surface area (Å²) in [5, 5.41) is 32.2. The number of hydrogen-bond acceptors (Lipinski definition) is 5. The first-order valence-corrected chi connectivity index (χ1v) is 11.6. The van der Waals surface area contributed by atoms with E-state index in [1.54, 1.807) is 0 Å². The summed E-state index contributed by atoms with van der Waals surface area (Å²) in [7, 11) is 0. The molecule has 2 aliphatic carbocycles. The fourth-order valence-electron chi connectivity index (χ4n) is 6.90. The maximum Gasteiger partial charge on any atom is 0.302 e. The minimum atomic E-state index is -1.22. The van der Waals surface area contributed by atoms with Gasteiger partial charge in [0.1, 0.15) is 17.4 Å². The molecule has 0 spiro atoms. The van der Waals surface area contributed by atoms with Gasteiger partial charge in [0.15, 0.2) is 6.23 Å². The molecule has 0 radical (unpaired) electrons. The van der Waals surface area contributed by atoms with Crippen LogP contribution in [0.3, 0.4) is 0 Å². The Labute approximate surface area is 189 Å². The van der Waals surface area contributed by atoms with Crippen LogP contribution in [0.15, 0.2) is 6.07 Å². The minimum Gasteiger partial charge on any atom is -0.593 e. The first-order chi connectivity index (χ1) is 14.9. The number of aliphatic hydroxyl groups excluding tert-OH is 1. The molecule has 1 heterocycles. The summed E-state index contributed by atoms with van der Waals surface area (Å²) in [5.41, 5.74) is 0.585. The van der Waals surface area contributed by atoms with Crippen molar-refractivity contribution in [2.75, 3.05) is 0 Å². The highest BCUT2D eigenvalue weighted by Gasteiger charge is 2.56. The fraction of sp³-hybridized carbons (Fsp3) is 0.680. The molecule has 3 aliphatic rings. The topological polar surface area (TPSA) is 119 Å². The zero-order valence-corrected chi connectivity index (χ0v) is 19.6. The third-order valence-electron chi connectivity index (χ3n) is 9.00. The molecule has 1 aromatic carbocycles. The average Bonchev–Trinajstić information content (AvgIpc) is 2.97. The normalized spacial score (nSPS) is 35.6. The predicted octanol–water partition coefficient (Wildman–Crippen LogP) is 3.53. The average molecular weight is 447 g/mol. The monoisotopic (exact) mass is 446 g/mol. The Morgan fingerprint density at radius 1 is 1.22 bits per heavy atom. The predicted molar refractivity (Wildman–Crippen MR) is 119 cm³/mol. The summed E-state index contributed by atoms with van der Waals surface area (Å²) < 4.78 is 5.70. The lowest BCUT2D eigenvalue weighted by molar-refractivity contribution is -0.173. The van der Waals surface area contributed by atoms with Crippen molar-refractivity contribution >= 4 is 11.9 Å². The Morgan fingerprint density at radius 2 is 1.88 bits per heavy atom. The van der Waals surface area contributed by atoms with Crippen LogP contribution in [0.1, 0.15) is 88.0 Å². The number of amides is 1. The molecule has 1 aliphatic heterocycles. The second-order valence-corrected chi connectivity index (χ2v) is 11.0. The van der Waals surface area contributed by atoms with Crippen LogP contribution in [-0.4, -0.2) is 33.3 Å². The smallest absolute Gasteiger partial charge is 0.302 e. The van der Waals surface area contributed by atoms with Crippen LogP contribution in [0.4, 0.5) is 0 Å². The van der Waals surface area contributed by atoms with Crippen molar-refractivity contribution in [3.8, 4) is 11.5 Å². The SMILES string of the molecule is CC(=O)O[C@H]1CCC2C(CC[C@H](C)[C@@]2(C)Cc2c(O)cc3c(c2[OH2+])C(O)NC3=O)C1(C)C. The summed E-state index contributed by atoms with van der Waals surface area (Å²) in [6, 6.07) is 1.39. The molecule has 6 atom stereocenters. The van der Waals surface area contributed by atoms with Gasteiger partial charge in [-0.25, -0.2) is 0 Å². The molecule has 0 saturated heterocycles. The van der Waals surface area contributed by atoms with Gasteiger partial charge in [0.2, 0.25) is 0 Å². The Balaban J connectivity index is 1.71. The third-order valence-corrected chi connectivity index (χ3v) is 9.00. The molecular weight excluding hydrogens is 410 g/mol. The molecule has 32 heavy (non-hydrogen) atoms. The highest BCUT2D eigenvalue weighted by molar-refractivity contribution is 6.00. The van der Waals surface area contributed by atoms with Gasteiger partial charge in [-0.2, -0.15) is 0 Å². The van der Waals surface area contributed by atoms with Crippen molar-refractivity contribution in [1.82, 2.24) is 5.32 Å². The van der Waals surface area contributed by atoms with Crippen molar-refractivity contribution in [3.63, 3.8) is 0 Å². The van der Waals surface area contributed by atoms with Crippen LogP contribution in [0, 0.1) is 28.6 Å². The van der Waals surface area contributed by atoms with Crippen molar-refractivity contribution in [2.24, 2.45) is 28.6 Å². The Morgan fingerprint density at radius 3 is 2.53 bits per heavy atom. The van der Waals surface area contributed by atoms with Gasteiger partial charge < -0.3 is 25.4 Å². The molecule has 3 unspecified atom stereocenters. The van der Waals surface area contributed by atoms with Crippen LogP contribution in [0.5, 0.6) is 11.5 Å². The number of benzene rings is 1. The maximum atomic E-state index is 12.1. The van der Waals surface area contributed by atoms with E-state index in [1.807, 2.05) is 0 Å². The van der Waals surface area contributed by atoms with Crippen LogP contribution in [0.2, 0.25) is 0 Å². The standard InChI is InChI=1S/C25H35NO6/c1-12-6-7-16-17(8-9-19(24(16,3)4)32-13(2)27)25(12,5)11-15-18(28)10-14-20(21(15)29)23(31)26-22(14)30/h10,12,16-17,19,23,28-29,31H,6-9,11H2,1-5H3,(H,26,30)/p+1/t12-,16?,17?,19-,23?,25+/m0/s1. The second kappa shape index (κ2) is 7.65. The van der Waals surface area contributed by atoms with E-state index >= 15 is 0 Å². The van der Waals surface area contributed by atoms with Crippen LogP contribution >= 0.6 is 0 Å². The number of phenolic OH excluding ortho intramolecular Hbond substituents is 1. The van der Waals surface area contributed by atoms with E-state index in [4.69, 9.17) is 9.84 Å². The zero-order valence-electron chi connectivity index (χ0n) is 19.6. The van der Waals surface area contributed by atoms with Gasteiger partial charge in [0.25, 0.3) is 11.7 Å². The summed E-state index contributed by atoms with van der Waals surface area (Å²) in [6.07, 6.45) is 3.00. The molecule has 176 valence electrons. The quantitative estimate of drug-likeness (QED) is 0.485. The van der Waals surface area contributed by atoms with Gasteiger partial charge in [-0.05, 0) is 61.3 Å². The number of ether oxygens (including phenoxy) is 1. The van der Waals surface area contributed by atoms with Crippen molar-refractivity contribution in [2.45, 2.75) is 79.1 Å². The van der Waals surface area contributed by atoms with E-state index < -0.39 is 12.1 Å². The molecule has 7 nitrogen and oxygen atoms in total. The Kier molecular flexibility index (Phi) is 5.47. The molecule has 0 bridgehead atoms. The number of aromatic hydroxyl groups is 1. The Hall–Kier alpha value is -2.28. The minimum absolute atomic E-state index is 0.0502. The molecule has 5 N–H and O–H groups in total. The first kappa shape index (κ1) is 22.9. The first-order valence-electron chi connectivity index (χ1n) is 11.6. The van der Waals surface area contributed by atoms with Crippen LogP contribution in [-0.2, 0) is 16.0 Å². The van der Waals surface area contributed by atoms with E-state index in [1.165, 1.54) is 13.0 Å². The van der Waals surface area contributed by atoms with Crippen LogP contribution in [0.25, 0.3) is 0 Å². The largest absolute Gasteiger partial charge is 0.593 e. The van der Waals surface area contributed by atoms with E-state index in [0.717, 1.165) is 25.7 Å². The molecule has 2 fully saturated rings. The number of esters is 1. The van der Waals surface area contributed by atoms with Crippen LogP contribution < -0.4 is 5.32 Å². The van der Waals surface area contributed by atoms with Crippen molar-refractivity contribution in [1.29, 1.82) is 0 Å². The highest BCUT2D eigenvalue weighted by atomic mass is 16.5. The lowest BCUT2D eigenvalue weighted by atomic mass is 9.47. The zero-order chi connectivity index (χ0) is 23.6. The molecular formula is C25H36NO6+. The van der Waals surface area contributed by atoms with Gasteiger partial charge in [-0.15, -0.1) is 0 Å². The van der Waals surface area contributed by atoms with Crippen molar-refractivity contribution in [3.05, 3.63) is 22.8 Å². The number of aliphatic hydroxyl groups is 1. The van der Waals surface area contributed by atoms with Gasteiger partial charge in [0, 0.05) is 12.3 Å². The molecule has 7 heteroatoms. The van der Waals surface area contributed by atoms with E-state index in [-0.39, 0.29) is 45.5 Å². The van der Waals surface area contributed by atoms with Gasteiger partial charge in [-0.3, -0.25) is 9.59 Å². The van der Waals surface area contributed by atoms with Gasteiger partial charge >= 0.3 is 5.97 Å². The number of phenols is 1. The van der Waals surface area contributed by atoms with E-state index in [2.05, 4.69) is 33.0 Å². The number of fused-ring (bicyclic) bond motifs is 2. The van der Waals surface area contributed by atoms with Crippen molar-refractivity contribution < 1.29 is 29.6 Å². The number of rotatable bonds is 3. The van der Waals surface area contributed by atoms with E-state index in [0.29, 0.717) is 29.7 Å². The second-order valence-electron chi connectivity index (χ2n) is 11.0. The highest BCUT2D eigenvalue weighted by Crippen LogP contribution is 2.61. The molecule has 1 aromatic rings. The van der Waals surface area contributed by atoms with E-state index in [9.17, 15) is 19.8 Å².